The van der Waals surface area contributed by atoms with E-state index in [2.05, 4.69) is 5.32 Å². The van der Waals surface area contributed by atoms with Crippen LogP contribution in [0.3, 0.4) is 0 Å². The van der Waals surface area contributed by atoms with Crippen molar-refractivity contribution in [1.82, 2.24) is 5.32 Å². The Morgan fingerprint density at radius 3 is 2.57 bits per heavy atom. The highest BCUT2D eigenvalue weighted by atomic mass is 16.4. The van der Waals surface area contributed by atoms with Crippen LogP contribution in [0.15, 0.2) is 24.3 Å². The molecule has 1 aromatic rings. The van der Waals surface area contributed by atoms with Crippen molar-refractivity contribution < 1.29 is 15.0 Å². The molecule has 0 saturated heterocycles. The lowest BCUT2D eigenvalue weighted by atomic mass is 9.85. The summed E-state index contributed by atoms with van der Waals surface area (Å²) in [5.41, 5.74) is 1.98. The van der Waals surface area contributed by atoms with Gasteiger partial charge in [0.1, 0.15) is 0 Å². The molecule has 1 saturated carbocycles. The Morgan fingerprint density at radius 1 is 1.29 bits per heavy atom. The number of carbonyl (C=O) groups is 1. The minimum absolute atomic E-state index is 0.257. The van der Waals surface area contributed by atoms with Crippen LogP contribution < -0.4 is 5.32 Å². The van der Waals surface area contributed by atoms with E-state index in [1.165, 1.54) is 12.8 Å². The molecular formula is C17H25NO3. The van der Waals surface area contributed by atoms with Crippen LogP contribution in [0.5, 0.6) is 0 Å². The summed E-state index contributed by atoms with van der Waals surface area (Å²) < 4.78 is 0. The molecule has 116 valence electrons. The van der Waals surface area contributed by atoms with Crippen LogP contribution in [0.25, 0.3) is 0 Å². The first-order chi connectivity index (χ1) is 10.1. The predicted octanol–water partition coefficient (Wildman–Crippen LogP) is 2.52. The van der Waals surface area contributed by atoms with Crippen LogP contribution in [-0.4, -0.2) is 28.8 Å². The monoisotopic (exact) mass is 291 g/mol. The van der Waals surface area contributed by atoms with E-state index in [9.17, 15) is 9.90 Å². The molecule has 21 heavy (non-hydrogen) atoms. The Hall–Kier alpha value is -1.39. The van der Waals surface area contributed by atoms with Gasteiger partial charge in [-0.05, 0) is 36.8 Å². The molecule has 3 unspecified atom stereocenters. The molecule has 0 amide bonds. The van der Waals surface area contributed by atoms with Crippen molar-refractivity contribution >= 4 is 5.97 Å². The highest BCUT2D eigenvalue weighted by molar-refractivity contribution is 5.75. The van der Waals surface area contributed by atoms with Gasteiger partial charge in [0.15, 0.2) is 0 Å². The summed E-state index contributed by atoms with van der Waals surface area (Å²) in [4.78, 5) is 11.0. The topological polar surface area (TPSA) is 69.6 Å². The number of aliphatic hydroxyl groups excluding tert-OH is 1. The molecule has 4 nitrogen and oxygen atoms in total. The first-order valence-electron chi connectivity index (χ1n) is 7.77. The van der Waals surface area contributed by atoms with Gasteiger partial charge in [-0.15, -0.1) is 0 Å². The van der Waals surface area contributed by atoms with E-state index in [1.807, 2.05) is 24.3 Å². The molecule has 1 aliphatic carbocycles. The average Bonchev–Trinajstić information content (AvgIpc) is 2.52. The molecule has 0 aromatic heterocycles. The second-order valence-corrected chi connectivity index (χ2v) is 6.02. The van der Waals surface area contributed by atoms with Gasteiger partial charge >= 0.3 is 5.97 Å². The van der Waals surface area contributed by atoms with E-state index < -0.39 is 11.9 Å². The molecule has 1 aromatic carbocycles. The third-order valence-corrected chi connectivity index (χ3v) is 4.56. The summed E-state index contributed by atoms with van der Waals surface area (Å²) >= 11 is 0. The van der Waals surface area contributed by atoms with Gasteiger partial charge in [0.25, 0.3) is 0 Å². The minimum atomic E-state index is -0.797. The number of aliphatic hydroxyl groups is 1. The largest absolute Gasteiger partial charge is 0.481 e. The first kappa shape index (κ1) is 16.0. The van der Waals surface area contributed by atoms with Crippen LogP contribution in [0.4, 0.5) is 0 Å². The Labute approximate surface area is 126 Å². The van der Waals surface area contributed by atoms with Crippen molar-refractivity contribution in [1.29, 1.82) is 0 Å². The number of aliphatic carboxylic acids is 1. The molecule has 0 heterocycles. The third kappa shape index (κ3) is 4.29. The first-order valence-corrected chi connectivity index (χ1v) is 7.77. The van der Waals surface area contributed by atoms with E-state index in [0.717, 1.165) is 30.5 Å². The normalized spacial score (nSPS) is 23.7. The van der Waals surface area contributed by atoms with Gasteiger partial charge in [-0.1, -0.05) is 37.1 Å². The van der Waals surface area contributed by atoms with Crippen LogP contribution >= 0.6 is 0 Å². The second kappa shape index (κ2) is 7.57. The summed E-state index contributed by atoms with van der Waals surface area (Å²) in [5, 5.41) is 21.9. The van der Waals surface area contributed by atoms with E-state index in [0.29, 0.717) is 12.0 Å². The molecule has 1 fully saturated rings. The SMILES string of the molecule is CC(C(=O)O)c1ccc(CNC2CCCCC2CO)cc1. The fraction of sp³-hybridized carbons (Fsp3) is 0.588. The molecule has 3 atom stereocenters. The number of rotatable bonds is 6. The van der Waals surface area contributed by atoms with Crippen LogP contribution in [0.2, 0.25) is 0 Å². The Bertz CT molecular complexity index is 458. The maximum absolute atomic E-state index is 11.0. The zero-order valence-electron chi connectivity index (χ0n) is 12.6. The van der Waals surface area contributed by atoms with Crippen LogP contribution in [-0.2, 0) is 11.3 Å². The van der Waals surface area contributed by atoms with Crippen molar-refractivity contribution in [2.24, 2.45) is 5.92 Å². The van der Waals surface area contributed by atoms with Crippen molar-refractivity contribution in [2.75, 3.05) is 6.61 Å². The van der Waals surface area contributed by atoms with E-state index in [1.54, 1.807) is 6.92 Å². The summed E-state index contributed by atoms with van der Waals surface area (Å²) in [7, 11) is 0. The van der Waals surface area contributed by atoms with Crippen molar-refractivity contribution in [3.8, 4) is 0 Å². The smallest absolute Gasteiger partial charge is 0.310 e. The van der Waals surface area contributed by atoms with E-state index in [-0.39, 0.29) is 6.61 Å². The number of carboxylic acids is 1. The van der Waals surface area contributed by atoms with Gasteiger partial charge in [0, 0.05) is 19.2 Å². The van der Waals surface area contributed by atoms with Crippen molar-refractivity contribution in [3.05, 3.63) is 35.4 Å². The Kier molecular flexibility index (Phi) is 5.76. The van der Waals surface area contributed by atoms with Gasteiger partial charge in [0.2, 0.25) is 0 Å². The number of hydrogen-bond acceptors (Lipinski definition) is 3. The molecule has 0 spiro atoms. The lowest BCUT2D eigenvalue weighted by molar-refractivity contribution is -0.138. The average molecular weight is 291 g/mol. The number of nitrogens with one attached hydrogen (secondary N) is 1. The van der Waals surface area contributed by atoms with Gasteiger partial charge < -0.3 is 15.5 Å². The molecule has 0 radical (unpaired) electrons. The highest BCUT2D eigenvalue weighted by Crippen LogP contribution is 2.24. The van der Waals surface area contributed by atoms with Crippen molar-refractivity contribution in [2.45, 2.75) is 51.1 Å². The quantitative estimate of drug-likeness (QED) is 0.753. The summed E-state index contributed by atoms with van der Waals surface area (Å²) in [5.74, 6) is -0.900. The highest BCUT2D eigenvalue weighted by Gasteiger charge is 2.23. The standard InChI is InChI=1S/C17H25NO3/c1-12(17(20)21)14-8-6-13(7-9-14)10-18-16-5-3-2-4-15(16)11-19/h6-9,12,15-16,18-19H,2-5,10-11H2,1H3,(H,20,21). The minimum Gasteiger partial charge on any atom is -0.481 e. The molecule has 0 bridgehead atoms. The summed E-state index contributed by atoms with van der Waals surface area (Å²) in [6.07, 6.45) is 4.66. The van der Waals surface area contributed by atoms with E-state index in [4.69, 9.17) is 5.11 Å². The summed E-state index contributed by atoms with van der Waals surface area (Å²) in [6, 6.07) is 8.14. The maximum atomic E-state index is 11.0. The van der Waals surface area contributed by atoms with E-state index >= 15 is 0 Å². The molecule has 4 heteroatoms. The fourth-order valence-corrected chi connectivity index (χ4v) is 3.01. The molecule has 0 aliphatic heterocycles. The lowest BCUT2D eigenvalue weighted by Gasteiger charge is -2.31. The van der Waals surface area contributed by atoms with Crippen LogP contribution in [0.1, 0.15) is 49.7 Å². The van der Waals surface area contributed by atoms with Gasteiger partial charge in [-0.25, -0.2) is 0 Å². The lowest BCUT2D eigenvalue weighted by Crippen LogP contribution is -2.39. The third-order valence-electron chi connectivity index (χ3n) is 4.56. The molecule has 2 rings (SSSR count). The summed E-state index contributed by atoms with van der Waals surface area (Å²) in [6.45, 7) is 2.72. The van der Waals surface area contributed by atoms with Crippen molar-refractivity contribution in [3.63, 3.8) is 0 Å². The Morgan fingerprint density at radius 2 is 1.95 bits per heavy atom. The second-order valence-electron chi connectivity index (χ2n) is 6.02. The van der Waals surface area contributed by atoms with Crippen LogP contribution in [0, 0.1) is 5.92 Å². The molecule has 1 aliphatic rings. The van der Waals surface area contributed by atoms with Gasteiger partial charge in [0.05, 0.1) is 5.92 Å². The number of benzene rings is 1. The number of carboxylic acid groups (broad SMARTS) is 1. The molecule has 3 N–H and O–H groups in total. The zero-order valence-corrected chi connectivity index (χ0v) is 12.6. The predicted molar refractivity (Wildman–Crippen MR) is 82.2 cm³/mol. The fourth-order valence-electron chi connectivity index (χ4n) is 3.01. The Balaban J connectivity index is 1.90. The molecular weight excluding hydrogens is 266 g/mol. The maximum Gasteiger partial charge on any atom is 0.310 e. The number of hydrogen-bond donors (Lipinski definition) is 3. The van der Waals surface area contributed by atoms with Gasteiger partial charge in [-0.3, -0.25) is 4.79 Å². The van der Waals surface area contributed by atoms with Gasteiger partial charge in [-0.2, -0.15) is 0 Å². The zero-order chi connectivity index (χ0) is 15.2.